The van der Waals surface area contributed by atoms with Crippen LogP contribution in [0, 0.1) is 0 Å². The van der Waals surface area contributed by atoms with Gasteiger partial charge in [0.15, 0.2) is 0 Å². The minimum atomic E-state index is 0.00317. The fraction of sp³-hybridized carbons (Fsp3) is 1.00. The number of ether oxygens (including phenoxy) is 2. The molecule has 34 heavy (non-hydrogen) atoms. The molecule has 8 nitrogen and oxygen atoms in total. The zero-order valence-corrected chi connectivity index (χ0v) is 23.8. The molecule has 2 aliphatic heterocycles. The summed E-state index contributed by atoms with van der Waals surface area (Å²) in [5, 5.41) is 11.6. The standard InChI is InChI=1S/C26H54N4O4/c1-23(2)17-21(18-24(3,4)29(23)31-9)27-11-13-33-15-16-34-14-12-28-22-19-25(5,6)30(32-10)26(7,8)20-22/h21-22,27-28H,11-20H2,1-10H3. The summed E-state index contributed by atoms with van der Waals surface area (Å²) in [5.74, 6) is 0. The zero-order valence-electron chi connectivity index (χ0n) is 23.8. The van der Waals surface area contributed by atoms with Gasteiger partial charge in [-0.1, -0.05) is 0 Å². The molecule has 8 heteroatoms. The molecule has 0 aliphatic carbocycles. The molecule has 0 aromatic heterocycles. The average Bonchev–Trinajstić information content (AvgIpc) is 2.66. The Morgan fingerprint density at radius 3 is 1.12 bits per heavy atom. The van der Waals surface area contributed by atoms with E-state index in [2.05, 4.69) is 76.1 Å². The molecule has 0 unspecified atom stereocenters. The summed E-state index contributed by atoms with van der Waals surface area (Å²) in [4.78, 5) is 11.4. The van der Waals surface area contributed by atoms with E-state index in [0.717, 1.165) is 38.8 Å². The van der Waals surface area contributed by atoms with Gasteiger partial charge in [-0.05, 0) is 81.1 Å². The highest BCUT2D eigenvalue weighted by Gasteiger charge is 2.46. The molecule has 0 bridgehead atoms. The van der Waals surface area contributed by atoms with E-state index in [4.69, 9.17) is 19.1 Å². The van der Waals surface area contributed by atoms with Gasteiger partial charge < -0.3 is 29.8 Å². The van der Waals surface area contributed by atoms with Crippen LogP contribution in [0.25, 0.3) is 0 Å². The molecule has 2 saturated heterocycles. The van der Waals surface area contributed by atoms with Gasteiger partial charge in [-0.3, -0.25) is 0 Å². The molecule has 0 atom stereocenters. The van der Waals surface area contributed by atoms with E-state index < -0.39 is 0 Å². The third-order valence-electron chi connectivity index (χ3n) is 7.28. The number of rotatable bonds is 13. The number of nitrogens with one attached hydrogen (secondary N) is 2. The van der Waals surface area contributed by atoms with E-state index in [1.54, 1.807) is 14.2 Å². The summed E-state index contributed by atoms with van der Waals surface area (Å²) in [6.07, 6.45) is 4.22. The van der Waals surface area contributed by atoms with Crippen LogP contribution in [-0.4, -0.2) is 98.1 Å². The van der Waals surface area contributed by atoms with Crippen molar-refractivity contribution in [2.75, 3.05) is 53.7 Å². The molecular weight excluding hydrogens is 432 g/mol. The summed E-state index contributed by atoms with van der Waals surface area (Å²) >= 11 is 0. The summed E-state index contributed by atoms with van der Waals surface area (Å²) in [5.41, 5.74) is 0.0127. The van der Waals surface area contributed by atoms with Crippen molar-refractivity contribution < 1.29 is 19.1 Å². The lowest BCUT2D eigenvalue weighted by atomic mass is 9.79. The Balaban J connectivity index is 1.53. The number of nitrogens with zero attached hydrogens (tertiary/aromatic N) is 2. The van der Waals surface area contributed by atoms with E-state index in [-0.39, 0.29) is 22.2 Å². The van der Waals surface area contributed by atoms with Crippen molar-refractivity contribution in [2.24, 2.45) is 0 Å². The van der Waals surface area contributed by atoms with Crippen LogP contribution in [0.15, 0.2) is 0 Å². The van der Waals surface area contributed by atoms with E-state index in [1.165, 1.54) is 0 Å². The molecule has 2 fully saturated rings. The lowest BCUT2D eigenvalue weighted by molar-refractivity contribution is -0.267. The first-order valence-electron chi connectivity index (χ1n) is 13.1. The maximum absolute atomic E-state index is 5.78. The summed E-state index contributed by atoms with van der Waals surface area (Å²) < 4.78 is 11.6. The molecule has 2 heterocycles. The van der Waals surface area contributed by atoms with Crippen LogP contribution < -0.4 is 10.6 Å². The third-order valence-corrected chi connectivity index (χ3v) is 7.28. The maximum Gasteiger partial charge on any atom is 0.0701 e. The minimum absolute atomic E-state index is 0.00317. The Bertz CT molecular complexity index is 524. The lowest BCUT2D eigenvalue weighted by Crippen LogP contribution is -2.63. The van der Waals surface area contributed by atoms with Crippen LogP contribution in [0.5, 0.6) is 0 Å². The second-order valence-electron chi connectivity index (χ2n) is 12.5. The normalized spacial score (nSPS) is 25.6. The van der Waals surface area contributed by atoms with E-state index in [9.17, 15) is 0 Å². The summed E-state index contributed by atoms with van der Waals surface area (Å²) in [7, 11) is 3.55. The Kier molecular flexibility index (Phi) is 10.8. The fourth-order valence-electron chi connectivity index (χ4n) is 6.80. The predicted molar refractivity (Wildman–Crippen MR) is 138 cm³/mol. The Morgan fingerprint density at radius 2 is 0.853 bits per heavy atom. The third kappa shape index (κ3) is 8.10. The van der Waals surface area contributed by atoms with Crippen LogP contribution in [0.1, 0.15) is 81.1 Å². The van der Waals surface area contributed by atoms with E-state index in [0.29, 0.717) is 38.5 Å². The van der Waals surface area contributed by atoms with Crippen molar-refractivity contribution in [3.05, 3.63) is 0 Å². The SMILES string of the molecule is CON1C(C)(C)CC(NCCOCCOCCNC2CC(C)(C)N(OC)C(C)(C)C2)CC1(C)C. The second-order valence-corrected chi connectivity index (χ2v) is 12.5. The zero-order chi connectivity index (χ0) is 25.6. The Labute approximate surface area is 209 Å². The van der Waals surface area contributed by atoms with Crippen LogP contribution in [0.2, 0.25) is 0 Å². The topological polar surface area (TPSA) is 67.5 Å². The molecule has 0 saturated carbocycles. The van der Waals surface area contributed by atoms with Gasteiger partial charge in [0.1, 0.15) is 0 Å². The molecule has 202 valence electrons. The van der Waals surface area contributed by atoms with Gasteiger partial charge in [-0.15, -0.1) is 0 Å². The quantitative estimate of drug-likeness (QED) is 0.384. The summed E-state index contributed by atoms with van der Waals surface area (Å²) in [6.45, 7) is 22.4. The van der Waals surface area contributed by atoms with E-state index in [1.807, 2.05) is 0 Å². The Morgan fingerprint density at radius 1 is 0.559 bits per heavy atom. The number of hydrogen-bond acceptors (Lipinski definition) is 8. The van der Waals surface area contributed by atoms with Gasteiger partial charge in [0.2, 0.25) is 0 Å². The molecule has 0 aromatic rings. The minimum Gasteiger partial charge on any atom is -0.378 e. The van der Waals surface area contributed by atoms with Gasteiger partial charge in [0, 0.05) is 47.3 Å². The highest BCUT2D eigenvalue weighted by Crippen LogP contribution is 2.39. The fourth-order valence-corrected chi connectivity index (χ4v) is 6.80. The van der Waals surface area contributed by atoms with Gasteiger partial charge >= 0.3 is 0 Å². The smallest absolute Gasteiger partial charge is 0.0701 e. The van der Waals surface area contributed by atoms with Gasteiger partial charge in [0.05, 0.1) is 40.6 Å². The molecular formula is C26H54N4O4. The largest absolute Gasteiger partial charge is 0.378 e. The van der Waals surface area contributed by atoms with Crippen LogP contribution >= 0.6 is 0 Å². The highest BCUT2D eigenvalue weighted by atomic mass is 16.7. The van der Waals surface area contributed by atoms with Crippen molar-refractivity contribution in [1.82, 2.24) is 20.8 Å². The number of piperidine rings is 2. The van der Waals surface area contributed by atoms with Crippen molar-refractivity contribution in [2.45, 2.75) is 115 Å². The van der Waals surface area contributed by atoms with Crippen LogP contribution in [0.3, 0.4) is 0 Å². The monoisotopic (exact) mass is 486 g/mol. The second kappa shape index (κ2) is 12.3. The first-order chi connectivity index (χ1) is 15.7. The van der Waals surface area contributed by atoms with Gasteiger partial charge in [-0.25, -0.2) is 0 Å². The molecule has 0 radical (unpaired) electrons. The van der Waals surface area contributed by atoms with Crippen molar-refractivity contribution in [3.8, 4) is 0 Å². The maximum atomic E-state index is 5.78. The van der Waals surface area contributed by atoms with E-state index >= 15 is 0 Å². The number of hydrogen-bond donors (Lipinski definition) is 2. The molecule has 0 spiro atoms. The van der Waals surface area contributed by atoms with Gasteiger partial charge in [0.25, 0.3) is 0 Å². The van der Waals surface area contributed by atoms with Crippen molar-refractivity contribution >= 4 is 0 Å². The molecule has 2 N–H and O–H groups in total. The first-order valence-corrected chi connectivity index (χ1v) is 13.1. The Hall–Kier alpha value is -0.320. The first kappa shape index (κ1) is 29.9. The predicted octanol–water partition coefficient (Wildman–Crippen LogP) is 3.36. The molecule has 2 aliphatic rings. The lowest BCUT2D eigenvalue weighted by Gasteiger charge is -2.53. The van der Waals surface area contributed by atoms with Crippen LogP contribution in [-0.2, 0) is 19.1 Å². The van der Waals surface area contributed by atoms with Crippen molar-refractivity contribution in [3.63, 3.8) is 0 Å². The molecule has 2 rings (SSSR count). The van der Waals surface area contributed by atoms with Crippen LogP contribution in [0.4, 0.5) is 0 Å². The summed E-state index contributed by atoms with van der Waals surface area (Å²) in [6, 6.07) is 0.932. The number of hydroxylamine groups is 4. The van der Waals surface area contributed by atoms with Gasteiger partial charge in [-0.2, -0.15) is 10.1 Å². The highest BCUT2D eigenvalue weighted by molar-refractivity contribution is 5.00. The van der Waals surface area contributed by atoms with Crippen molar-refractivity contribution in [1.29, 1.82) is 0 Å². The molecule has 0 aromatic carbocycles. The molecule has 0 amide bonds. The average molecular weight is 487 g/mol.